The lowest BCUT2D eigenvalue weighted by molar-refractivity contribution is 0.174. The Balaban J connectivity index is 0.00000225. The van der Waals surface area contributed by atoms with Crippen LogP contribution >= 0.6 is 35.6 Å². The summed E-state index contributed by atoms with van der Waals surface area (Å²) in [5.74, 6) is 2.27. The van der Waals surface area contributed by atoms with Crippen molar-refractivity contribution in [3.63, 3.8) is 0 Å². The topological polar surface area (TPSA) is 72.2 Å². The smallest absolute Gasteiger partial charge is 0.231 e. The van der Waals surface area contributed by atoms with Crippen molar-refractivity contribution in [2.24, 2.45) is 4.99 Å². The van der Waals surface area contributed by atoms with Gasteiger partial charge in [0.15, 0.2) is 17.5 Å². The van der Waals surface area contributed by atoms with Crippen molar-refractivity contribution in [2.75, 3.05) is 13.3 Å². The van der Waals surface area contributed by atoms with E-state index in [-0.39, 0.29) is 30.8 Å². The first-order valence-electron chi connectivity index (χ1n) is 8.75. The summed E-state index contributed by atoms with van der Waals surface area (Å²) in [6.45, 7) is 4.17. The molecule has 0 saturated heterocycles. The molecular weight excluding hydrogens is 493 g/mol. The third-order valence-electron chi connectivity index (χ3n) is 4.10. The Kier molecular flexibility index (Phi) is 6.84. The SMILES string of the molecule is CCNC(=NCc1ccc2c(c1)OCO2)NCc1cn2cc(Cl)ccc2n1.I. The van der Waals surface area contributed by atoms with Crippen LogP contribution in [0.2, 0.25) is 5.02 Å². The molecule has 9 heteroatoms. The standard InChI is InChI=1S/C19H20ClN5O2.HI/c1-2-21-19(22-8-13-3-5-16-17(7-13)27-12-26-16)23-9-15-11-25-10-14(20)4-6-18(25)24-15;/h3-7,10-11H,2,8-9,12H2,1H3,(H2,21,22,23);1H. The van der Waals surface area contributed by atoms with Crippen LogP contribution in [-0.2, 0) is 13.1 Å². The van der Waals surface area contributed by atoms with Gasteiger partial charge in [-0.2, -0.15) is 0 Å². The van der Waals surface area contributed by atoms with Crippen LogP contribution in [0.5, 0.6) is 11.5 Å². The van der Waals surface area contributed by atoms with Gasteiger partial charge in [0, 0.05) is 18.9 Å². The first-order valence-corrected chi connectivity index (χ1v) is 9.13. The van der Waals surface area contributed by atoms with E-state index >= 15 is 0 Å². The number of fused-ring (bicyclic) bond motifs is 2. The monoisotopic (exact) mass is 513 g/mol. The predicted octanol–water partition coefficient (Wildman–Crippen LogP) is 3.59. The van der Waals surface area contributed by atoms with E-state index in [1.807, 2.05) is 54.0 Å². The highest BCUT2D eigenvalue weighted by Crippen LogP contribution is 2.32. The largest absolute Gasteiger partial charge is 0.454 e. The molecule has 4 rings (SSSR count). The molecule has 7 nitrogen and oxygen atoms in total. The van der Waals surface area contributed by atoms with E-state index in [4.69, 9.17) is 21.1 Å². The number of pyridine rings is 1. The minimum absolute atomic E-state index is 0. The molecular formula is C19H21ClIN5O2. The van der Waals surface area contributed by atoms with Gasteiger partial charge in [-0.1, -0.05) is 17.7 Å². The number of aromatic nitrogens is 2. The molecule has 0 bridgehead atoms. The van der Waals surface area contributed by atoms with Crippen molar-refractivity contribution in [2.45, 2.75) is 20.0 Å². The van der Waals surface area contributed by atoms with Gasteiger partial charge in [-0.3, -0.25) is 0 Å². The van der Waals surface area contributed by atoms with Crippen molar-refractivity contribution < 1.29 is 9.47 Å². The van der Waals surface area contributed by atoms with E-state index in [1.165, 1.54) is 0 Å². The second-order valence-electron chi connectivity index (χ2n) is 6.08. The summed E-state index contributed by atoms with van der Waals surface area (Å²) in [6.07, 6.45) is 3.79. The van der Waals surface area contributed by atoms with E-state index in [2.05, 4.69) is 20.6 Å². The zero-order valence-corrected chi connectivity index (χ0v) is 18.4. The fourth-order valence-corrected chi connectivity index (χ4v) is 3.00. The van der Waals surface area contributed by atoms with Gasteiger partial charge >= 0.3 is 0 Å². The van der Waals surface area contributed by atoms with Crippen molar-refractivity contribution in [1.29, 1.82) is 0 Å². The maximum Gasteiger partial charge on any atom is 0.231 e. The summed E-state index contributed by atoms with van der Waals surface area (Å²) in [5.41, 5.74) is 2.82. The van der Waals surface area contributed by atoms with Crippen molar-refractivity contribution in [1.82, 2.24) is 20.0 Å². The Hall–Kier alpha value is -2.20. The van der Waals surface area contributed by atoms with Gasteiger partial charge in [0.2, 0.25) is 6.79 Å². The molecule has 3 aromatic rings. The molecule has 0 saturated carbocycles. The second kappa shape index (κ2) is 9.33. The van der Waals surface area contributed by atoms with Crippen molar-refractivity contribution >= 4 is 47.2 Å². The molecule has 1 aliphatic rings. The number of ether oxygens (including phenoxy) is 2. The number of hydrogen-bond acceptors (Lipinski definition) is 4. The zero-order chi connectivity index (χ0) is 18.6. The van der Waals surface area contributed by atoms with Crippen LogP contribution in [0.1, 0.15) is 18.2 Å². The summed E-state index contributed by atoms with van der Waals surface area (Å²) >= 11 is 6.02. The number of guanidine groups is 1. The van der Waals surface area contributed by atoms with E-state index < -0.39 is 0 Å². The molecule has 0 unspecified atom stereocenters. The van der Waals surface area contributed by atoms with E-state index in [9.17, 15) is 0 Å². The molecule has 0 spiro atoms. The summed E-state index contributed by atoms with van der Waals surface area (Å²) in [7, 11) is 0. The molecule has 0 aliphatic carbocycles. The normalized spacial score (nSPS) is 12.7. The van der Waals surface area contributed by atoms with Gasteiger partial charge in [-0.15, -0.1) is 24.0 Å². The molecule has 0 amide bonds. The predicted molar refractivity (Wildman–Crippen MR) is 120 cm³/mol. The lowest BCUT2D eigenvalue weighted by atomic mass is 10.2. The third-order valence-corrected chi connectivity index (χ3v) is 4.33. The van der Waals surface area contributed by atoms with Crippen LogP contribution in [0.3, 0.4) is 0 Å². The summed E-state index contributed by atoms with van der Waals surface area (Å²) < 4.78 is 12.7. The highest BCUT2D eigenvalue weighted by molar-refractivity contribution is 14.0. The van der Waals surface area contributed by atoms with Crippen LogP contribution < -0.4 is 20.1 Å². The molecule has 0 radical (unpaired) electrons. The average molecular weight is 514 g/mol. The van der Waals surface area contributed by atoms with Gasteiger partial charge in [0.1, 0.15) is 5.65 Å². The maximum atomic E-state index is 6.02. The molecule has 148 valence electrons. The van der Waals surface area contributed by atoms with Gasteiger partial charge in [-0.25, -0.2) is 9.98 Å². The number of nitrogens with zero attached hydrogens (tertiary/aromatic N) is 3. The lowest BCUT2D eigenvalue weighted by Gasteiger charge is -2.10. The number of benzene rings is 1. The minimum atomic E-state index is 0. The Bertz CT molecular complexity index is 992. The van der Waals surface area contributed by atoms with Crippen LogP contribution in [-0.4, -0.2) is 28.7 Å². The molecule has 1 aromatic carbocycles. The molecule has 3 heterocycles. The van der Waals surface area contributed by atoms with E-state index in [1.54, 1.807) is 0 Å². The molecule has 2 aromatic heterocycles. The summed E-state index contributed by atoms with van der Waals surface area (Å²) in [6, 6.07) is 9.59. The number of aliphatic imine (C=N–C) groups is 1. The fraction of sp³-hybridized carbons (Fsp3) is 0.263. The first kappa shape index (κ1) is 20.5. The fourth-order valence-electron chi connectivity index (χ4n) is 2.83. The number of hydrogen-bond donors (Lipinski definition) is 2. The number of nitrogens with one attached hydrogen (secondary N) is 2. The molecule has 1 aliphatic heterocycles. The Morgan fingerprint density at radius 1 is 1.18 bits per heavy atom. The summed E-state index contributed by atoms with van der Waals surface area (Å²) in [4.78, 5) is 9.21. The van der Waals surface area contributed by atoms with E-state index in [0.29, 0.717) is 18.1 Å². The second-order valence-corrected chi connectivity index (χ2v) is 6.52. The highest BCUT2D eigenvalue weighted by Gasteiger charge is 2.13. The first-order chi connectivity index (χ1) is 13.2. The minimum Gasteiger partial charge on any atom is -0.454 e. The van der Waals surface area contributed by atoms with Crippen molar-refractivity contribution in [3.05, 3.63) is 59.0 Å². The Morgan fingerprint density at radius 3 is 2.89 bits per heavy atom. The van der Waals surface area contributed by atoms with Crippen LogP contribution in [0.25, 0.3) is 5.65 Å². The van der Waals surface area contributed by atoms with Crippen LogP contribution in [0.4, 0.5) is 0 Å². The van der Waals surface area contributed by atoms with Gasteiger partial charge in [0.05, 0.1) is 23.8 Å². The number of rotatable bonds is 5. The molecule has 2 N–H and O–H groups in total. The third kappa shape index (κ3) is 4.79. The summed E-state index contributed by atoms with van der Waals surface area (Å²) in [5, 5.41) is 7.23. The number of halogens is 2. The number of imidazole rings is 1. The highest BCUT2D eigenvalue weighted by atomic mass is 127. The molecule has 28 heavy (non-hydrogen) atoms. The van der Waals surface area contributed by atoms with Gasteiger partial charge in [0.25, 0.3) is 0 Å². The van der Waals surface area contributed by atoms with E-state index in [0.717, 1.165) is 40.9 Å². The van der Waals surface area contributed by atoms with Crippen molar-refractivity contribution in [3.8, 4) is 11.5 Å². The van der Waals surface area contributed by atoms with Crippen LogP contribution in [0, 0.1) is 0 Å². The van der Waals surface area contributed by atoms with Gasteiger partial charge < -0.3 is 24.5 Å². The Labute approximate surface area is 185 Å². The molecule has 0 atom stereocenters. The average Bonchev–Trinajstić information content (AvgIpc) is 3.29. The lowest BCUT2D eigenvalue weighted by Crippen LogP contribution is -2.36. The van der Waals surface area contributed by atoms with Crippen LogP contribution in [0.15, 0.2) is 47.7 Å². The quantitative estimate of drug-likeness (QED) is 0.310. The Morgan fingerprint density at radius 2 is 2.04 bits per heavy atom. The maximum absolute atomic E-state index is 6.02. The molecule has 0 fully saturated rings. The zero-order valence-electron chi connectivity index (χ0n) is 15.3. The van der Waals surface area contributed by atoms with Gasteiger partial charge in [-0.05, 0) is 36.8 Å².